The Hall–Kier alpha value is -1.16. The van der Waals surface area contributed by atoms with E-state index in [2.05, 4.69) is 17.0 Å². The van der Waals surface area contributed by atoms with Gasteiger partial charge in [0.05, 0.1) is 0 Å². The first-order valence-electron chi connectivity index (χ1n) is 6.89. The number of hydrogen-bond donors (Lipinski definition) is 1. The average molecular weight is 271 g/mol. The summed E-state index contributed by atoms with van der Waals surface area (Å²) in [6.07, 6.45) is 5.81. The molecule has 0 fully saturated rings. The summed E-state index contributed by atoms with van der Waals surface area (Å²) in [6.45, 7) is -0.589. The van der Waals surface area contributed by atoms with Crippen molar-refractivity contribution < 1.29 is 13.5 Å². The van der Waals surface area contributed by atoms with Gasteiger partial charge < -0.3 is 10.1 Å². The Morgan fingerprint density at radius 1 is 1.21 bits per heavy atom. The number of ether oxygens (including phenoxy) is 1. The standard InChI is InChI=1S/C15H23F2NO/c1-3-4-5-6-10-14(18-2)12-8-7-9-13(11-12)19-15(16)17/h7-9,11,14-15,18H,3-6,10H2,1-2H3. The lowest BCUT2D eigenvalue weighted by Gasteiger charge is -2.17. The van der Waals surface area contributed by atoms with E-state index in [0.717, 1.165) is 18.4 Å². The Balaban J connectivity index is 2.59. The SMILES string of the molecule is CCCCCCC(NC)c1cccc(OC(F)F)c1. The van der Waals surface area contributed by atoms with Gasteiger partial charge in [-0.1, -0.05) is 44.7 Å². The van der Waals surface area contributed by atoms with Crippen molar-refractivity contribution in [3.05, 3.63) is 29.8 Å². The maximum Gasteiger partial charge on any atom is 0.387 e. The van der Waals surface area contributed by atoms with Gasteiger partial charge in [-0.2, -0.15) is 8.78 Å². The van der Waals surface area contributed by atoms with E-state index in [-0.39, 0.29) is 11.8 Å². The van der Waals surface area contributed by atoms with Gasteiger partial charge in [0.2, 0.25) is 0 Å². The van der Waals surface area contributed by atoms with Gasteiger partial charge in [0.15, 0.2) is 0 Å². The van der Waals surface area contributed by atoms with Crippen LogP contribution >= 0.6 is 0 Å². The molecule has 0 aliphatic rings. The minimum Gasteiger partial charge on any atom is -0.435 e. The van der Waals surface area contributed by atoms with Crippen LogP contribution in [0.5, 0.6) is 5.75 Å². The molecule has 0 heterocycles. The second kappa shape index (κ2) is 8.86. The lowest BCUT2D eigenvalue weighted by molar-refractivity contribution is -0.0499. The molecule has 0 aliphatic heterocycles. The molecule has 0 amide bonds. The first kappa shape index (κ1) is 15.9. The van der Waals surface area contributed by atoms with Gasteiger partial charge in [-0.25, -0.2) is 0 Å². The van der Waals surface area contributed by atoms with Crippen molar-refractivity contribution in [3.8, 4) is 5.75 Å². The highest BCUT2D eigenvalue weighted by Crippen LogP contribution is 2.24. The summed E-state index contributed by atoms with van der Waals surface area (Å²) in [4.78, 5) is 0. The Morgan fingerprint density at radius 2 is 2.00 bits per heavy atom. The molecule has 1 aromatic rings. The second-order valence-electron chi connectivity index (χ2n) is 4.64. The quantitative estimate of drug-likeness (QED) is 0.667. The third kappa shape index (κ3) is 6.01. The molecule has 108 valence electrons. The summed E-state index contributed by atoms with van der Waals surface area (Å²) in [5.74, 6) is 0.223. The molecule has 1 N–H and O–H groups in total. The van der Waals surface area contributed by atoms with E-state index in [4.69, 9.17) is 0 Å². The average Bonchev–Trinajstić information content (AvgIpc) is 2.38. The predicted octanol–water partition coefficient (Wildman–Crippen LogP) is 4.52. The van der Waals surface area contributed by atoms with E-state index >= 15 is 0 Å². The molecule has 0 saturated heterocycles. The zero-order valence-electron chi connectivity index (χ0n) is 11.7. The Labute approximate surface area is 114 Å². The third-order valence-electron chi connectivity index (χ3n) is 3.18. The van der Waals surface area contributed by atoms with E-state index in [0.29, 0.717) is 0 Å². The minimum atomic E-state index is -2.77. The topological polar surface area (TPSA) is 21.3 Å². The normalized spacial score (nSPS) is 12.7. The molecule has 19 heavy (non-hydrogen) atoms. The summed E-state index contributed by atoms with van der Waals surface area (Å²) in [5, 5.41) is 3.23. The molecule has 0 saturated carbocycles. The van der Waals surface area contributed by atoms with Crippen LogP contribution in [0, 0.1) is 0 Å². The monoisotopic (exact) mass is 271 g/mol. The zero-order valence-corrected chi connectivity index (χ0v) is 11.7. The molecule has 4 heteroatoms. The smallest absolute Gasteiger partial charge is 0.387 e. The van der Waals surface area contributed by atoms with Crippen molar-refractivity contribution in [1.82, 2.24) is 5.32 Å². The summed E-state index contributed by atoms with van der Waals surface area (Å²) in [5.41, 5.74) is 0.997. The van der Waals surface area contributed by atoms with Crippen LogP contribution in [-0.4, -0.2) is 13.7 Å². The van der Waals surface area contributed by atoms with E-state index < -0.39 is 6.61 Å². The summed E-state index contributed by atoms with van der Waals surface area (Å²) < 4.78 is 28.8. The number of rotatable bonds is 9. The van der Waals surface area contributed by atoms with E-state index in [1.54, 1.807) is 18.2 Å². The Bertz CT molecular complexity index is 358. The molecule has 1 atom stereocenters. The Kier molecular flexibility index (Phi) is 7.41. The molecular weight excluding hydrogens is 248 g/mol. The molecule has 1 unspecified atom stereocenters. The van der Waals surface area contributed by atoms with E-state index in [1.165, 1.54) is 19.3 Å². The molecule has 0 bridgehead atoms. The molecule has 0 aromatic heterocycles. The van der Waals surface area contributed by atoms with Gasteiger partial charge in [-0.15, -0.1) is 0 Å². The molecule has 0 aliphatic carbocycles. The van der Waals surface area contributed by atoms with Crippen LogP contribution in [0.15, 0.2) is 24.3 Å². The van der Waals surface area contributed by atoms with Crippen molar-refractivity contribution in [2.45, 2.75) is 51.7 Å². The lowest BCUT2D eigenvalue weighted by Crippen LogP contribution is -2.16. The van der Waals surface area contributed by atoms with E-state index in [9.17, 15) is 8.78 Å². The van der Waals surface area contributed by atoms with Gasteiger partial charge >= 0.3 is 6.61 Å². The van der Waals surface area contributed by atoms with Crippen molar-refractivity contribution in [1.29, 1.82) is 0 Å². The lowest BCUT2D eigenvalue weighted by atomic mass is 10.00. The highest BCUT2D eigenvalue weighted by atomic mass is 19.3. The maximum absolute atomic E-state index is 12.2. The highest BCUT2D eigenvalue weighted by molar-refractivity contribution is 5.30. The largest absolute Gasteiger partial charge is 0.435 e. The van der Waals surface area contributed by atoms with Crippen molar-refractivity contribution >= 4 is 0 Å². The highest BCUT2D eigenvalue weighted by Gasteiger charge is 2.11. The van der Waals surface area contributed by atoms with Crippen LogP contribution in [0.2, 0.25) is 0 Å². The predicted molar refractivity (Wildman–Crippen MR) is 73.6 cm³/mol. The molecule has 0 radical (unpaired) electrons. The van der Waals surface area contributed by atoms with Gasteiger partial charge in [-0.3, -0.25) is 0 Å². The first-order valence-corrected chi connectivity index (χ1v) is 6.89. The molecule has 1 rings (SSSR count). The molecule has 1 aromatic carbocycles. The van der Waals surface area contributed by atoms with Gasteiger partial charge in [0, 0.05) is 6.04 Å². The van der Waals surface area contributed by atoms with E-state index in [1.807, 2.05) is 13.1 Å². The van der Waals surface area contributed by atoms with Gasteiger partial charge in [0.1, 0.15) is 5.75 Å². The minimum absolute atomic E-state index is 0.193. The fourth-order valence-electron chi connectivity index (χ4n) is 2.16. The maximum atomic E-state index is 12.2. The summed E-state index contributed by atoms with van der Waals surface area (Å²) >= 11 is 0. The summed E-state index contributed by atoms with van der Waals surface area (Å²) in [6, 6.07) is 7.13. The first-order chi connectivity index (χ1) is 9.17. The number of alkyl halides is 2. The third-order valence-corrected chi connectivity index (χ3v) is 3.18. The van der Waals surface area contributed by atoms with Crippen molar-refractivity contribution in [2.24, 2.45) is 0 Å². The van der Waals surface area contributed by atoms with Crippen LogP contribution in [-0.2, 0) is 0 Å². The van der Waals surface area contributed by atoms with Gasteiger partial charge in [-0.05, 0) is 31.2 Å². The molecule has 0 spiro atoms. The number of halogens is 2. The van der Waals surface area contributed by atoms with Crippen LogP contribution in [0.3, 0.4) is 0 Å². The number of hydrogen-bond acceptors (Lipinski definition) is 2. The number of benzene rings is 1. The molecule has 2 nitrogen and oxygen atoms in total. The van der Waals surface area contributed by atoms with Crippen LogP contribution in [0.25, 0.3) is 0 Å². The van der Waals surface area contributed by atoms with Gasteiger partial charge in [0.25, 0.3) is 0 Å². The summed E-state index contributed by atoms with van der Waals surface area (Å²) in [7, 11) is 1.89. The fraction of sp³-hybridized carbons (Fsp3) is 0.600. The molecular formula is C15H23F2NO. The van der Waals surface area contributed by atoms with Crippen LogP contribution < -0.4 is 10.1 Å². The van der Waals surface area contributed by atoms with Crippen molar-refractivity contribution in [2.75, 3.05) is 7.05 Å². The second-order valence-corrected chi connectivity index (χ2v) is 4.64. The zero-order chi connectivity index (χ0) is 14.1. The number of nitrogens with one attached hydrogen (secondary N) is 1. The Morgan fingerprint density at radius 3 is 2.63 bits per heavy atom. The van der Waals surface area contributed by atoms with Crippen LogP contribution in [0.1, 0.15) is 50.6 Å². The van der Waals surface area contributed by atoms with Crippen LogP contribution in [0.4, 0.5) is 8.78 Å². The number of unbranched alkanes of at least 4 members (excludes halogenated alkanes) is 3. The fourth-order valence-corrected chi connectivity index (χ4v) is 2.16. The van der Waals surface area contributed by atoms with Crippen molar-refractivity contribution in [3.63, 3.8) is 0 Å².